The van der Waals surface area contributed by atoms with E-state index in [-0.39, 0.29) is 5.78 Å². The summed E-state index contributed by atoms with van der Waals surface area (Å²) in [5.74, 6) is 0.194. The summed E-state index contributed by atoms with van der Waals surface area (Å²) in [4.78, 5) is 14.0. The van der Waals surface area contributed by atoms with Crippen LogP contribution < -0.4 is 4.90 Å². The van der Waals surface area contributed by atoms with Crippen LogP contribution in [0, 0.1) is 0 Å². The number of carbonyl (C=O) groups is 1. The highest BCUT2D eigenvalue weighted by Gasteiger charge is 2.19. The number of ketones is 1. The highest BCUT2D eigenvalue weighted by Crippen LogP contribution is 2.31. The molecular formula is C18H18ClNO. The van der Waals surface area contributed by atoms with E-state index < -0.39 is 0 Å². The second kappa shape index (κ2) is 5.90. The van der Waals surface area contributed by atoms with Crippen molar-refractivity contribution in [2.24, 2.45) is 0 Å². The normalized spacial score (nSPS) is 13.3. The molecular weight excluding hydrogens is 282 g/mol. The average Bonchev–Trinajstić information content (AvgIpc) is 2.89. The summed E-state index contributed by atoms with van der Waals surface area (Å²) in [6, 6.07) is 14.1. The molecule has 0 N–H and O–H groups in total. The number of carbonyl (C=O) groups excluding carboxylic acids is 1. The summed E-state index contributed by atoms with van der Waals surface area (Å²) in [7, 11) is 0. The van der Waals surface area contributed by atoms with E-state index in [0.717, 1.165) is 30.1 Å². The molecule has 2 aromatic rings. The second-order valence-corrected chi connectivity index (χ2v) is 5.85. The summed E-state index contributed by atoms with van der Waals surface area (Å²) >= 11 is 6.10. The van der Waals surface area contributed by atoms with E-state index in [1.807, 2.05) is 43.3 Å². The zero-order valence-corrected chi connectivity index (χ0v) is 12.9. The molecule has 0 fully saturated rings. The van der Waals surface area contributed by atoms with Crippen molar-refractivity contribution in [1.29, 1.82) is 0 Å². The first-order valence-corrected chi connectivity index (χ1v) is 7.70. The quantitative estimate of drug-likeness (QED) is 0.775. The molecule has 0 aliphatic carbocycles. The van der Waals surface area contributed by atoms with Crippen molar-refractivity contribution in [2.75, 3.05) is 11.4 Å². The van der Waals surface area contributed by atoms with Gasteiger partial charge in [0.1, 0.15) is 0 Å². The molecule has 1 aliphatic rings. The van der Waals surface area contributed by atoms with Crippen LogP contribution in [0.1, 0.15) is 34.8 Å². The number of nitrogens with zero attached hydrogens (tertiary/aromatic N) is 1. The van der Waals surface area contributed by atoms with Gasteiger partial charge in [0, 0.05) is 35.8 Å². The Labute approximate surface area is 130 Å². The smallest absolute Gasteiger partial charge is 0.162 e. The van der Waals surface area contributed by atoms with Gasteiger partial charge in [0.05, 0.1) is 0 Å². The molecule has 108 valence electrons. The van der Waals surface area contributed by atoms with Crippen LogP contribution in [0.2, 0.25) is 5.02 Å². The zero-order valence-electron chi connectivity index (χ0n) is 12.1. The Morgan fingerprint density at radius 1 is 1.19 bits per heavy atom. The molecule has 0 atom stereocenters. The molecule has 0 bridgehead atoms. The van der Waals surface area contributed by atoms with E-state index in [1.54, 1.807) is 0 Å². The van der Waals surface area contributed by atoms with Gasteiger partial charge >= 0.3 is 0 Å². The van der Waals surface area contributed by atoms with Gasteiger partial charge in [0.2, 0.25) is 0 Å². The van der Waals surface area contributed by atoms with E-state index in [4.69, 9.17) is 11.6 Å². The van der Waals surface area contributed by atoms with Crippen LogP contribution in [0.25, 0.3) is 0 Å². The van der Waals surface area contributed by atoms with Crippen molar-refractivity contribution >= 4 is 23.1 Å². The Balaban J connectivity index is 1.77. The van der Waals surface area contributed by atoms with Crippen LogP contribution in [0.3, 0.4) is 0 Å². The minimum atomic E-state index is 0.194. The van der Waals surface area contributed by atoms with Crippen LogP contribution in [-0.4, -0.2) is 12.3 Å². The number of anilines is 1. The minimum absolute atomic E-state index is 0.194. The van der Waals surface area contributed by atoms with Gasteiger partial charge in [-0.25, -0.2) is 0 Å². The van der Waals surface area contributed by atoms with E-state index in [9.17, 15) is 4.79 Å². The van der Waals surface area contributed by atoms with Gasteiger partial charge in [0.15, 0.2) is 5.78 Å². The zero-order chi connectivity index (χ0) is 14.8. The van der Waals surface area contributed by atoms with Crippen LogP contribution in [-0.2, 0) is 13.0 Å². The number of fused-ring (bicyclic) bond motifs is 1. The van der Waals surface area contributed by atoms with Crippen molar-refractivity contribution < 1.29 is 4.79 Å². The average molecular weight is 300 g/mol. The van der Waals surface area contributed by atoms with Crippen molar-refractivity contribution in [3.8, 4) is 0 Å². The van der Waals surface area contributed by atoms with Crippen LogP contribution >= 0.6 is 11.6 Å². The number of rotatable bonds is 4. The summed E-state index contributed by atoms with van der Waals surface area (Å²) in [5, 5.41) is 0.782. The molecule has 1 aliphatic heterocycles. The van der Waals surface area contributed by atoms with Crippen molar-refractivity contribution in [3.05, 3.63) is 64.2 Å². The van der Waals surface area contributed by atoms with Gasteiger partial charge in [-0.1, -0.05) is 48.9 Å². The molecule has 1 heterocycles. The van der Waals surface area contributed by atoms with E-state index in [0.29, 0.717) is 6.42 Å². The lowest BCUT2D eigenvalue weighted by Crippen LogP contribution is -2.19. The molecule has 0 unspecified atom stereocenters. The summed E-state index contributed by atoms with van der Waals surface area (Å²) in [5.41, 5.74) is 4.61. The monoisotopic (exact) mass is 299 g/mol. The molecule has 0 spiro atoms. The topological polar surface area (TPSA) is 20.3 Å². The Bertz CT molecular complexity index is 663. The van der Waals surface area contributed by atoms with Crippen molar-refractivity contribution in [2.45, 2.75) is 26.3 Å². The standard InChI is InChI=1S/C18H18ClNO/c1-2-18(21)15-5-3-13(4-6-15)12-20-10-9-14-7-8-16(19)11-17(14)20/h3-8,11H,2,9-10,12H2,1H3. The molecule has 0 aromatic heterocycles. The van der Waals surface area contributed by atoms with Crippen LogP contribution in [0.4, 0.5) is 5.69 Å². The third-order valence-corrected chi connectivity index (χ3v) is 4.24. The first kappa shape index (κ1) is 14.2. The molecule has 21 heavy (non-hydrogen) atoms. The van der Waals surface area contributed by atoms with E-state index >= 15 is 0 Å². The minimum Gasteiger partial charge on any atom is -0.367 e. The highest BCUT2D eigenvalue weighted by molar-refractivity contribution is 6.30. The Kier molecular flexibility index (Phi) is 3.98. The third kappa shape index (κ3) is 2.96. The molecule has 3 heteroatoms. The Hall–Kier alpha value is -1.80. The van der Waals surface area contributed by atoms with Crippen LogP contribution in [0.15, 0.2) is 42.5 Å². The van der Waals surface area contributed by atoms with Gasteiger partial charge in [-0.05, 0) is 29.7 Å². The fourth-order valence-corrected chi connectivity index (χ4v) is 2.97. The van der Waals surface area contributed by atoms with Gasteiger partial charge in [-0.2, -0.15) is 0 Å². The third-order valence-electron chi connectivity index (χ3n) is 4.01. The molecule has 2 aromatic carbocycles. The largest absolute Gasteiger partial charge is 0.367 e. The molecule has 3 rings (SSSR count). The molecule has 0 amide bonds. The first-order chi connectivity index (χ1) is 10.2. The van der Waals surface area contributed by atoms with Crippen molar-refractivity contribution in [3.63, 3.8) is 0 Å². The lowest BCUT2D eigenvalue weighted by atomic mass is 10.1. The molecule has 0 radical (unpaired) electrons. The predicted octanol–water partition coefficient (Wildman–Crippen LogP) is 4.50. The molecule has 0 saturated heterocycles. The number of hydrogen-bond donors (Lipinski definition) is 0. The lowest BCUT2D eigenvalue weighted by molar-refractivity contribution is 0.0988. The summed E-state index contributed by atoms with van der Waals surface area (Å²) in [6.07, 6.45) is 1.62. The Morgan fingerprint density at radius 3 is 2.67 bits per heavy atom. The number of benzene rings is 2. The van der Waals surface area contributed by atoms with Gasteiger partial charge < -0.3 is 4.90 Å². The van der Waals surface area contributed by atoms with Gasteiger partial charge in [0.25, 0.3) is 0 Å². The van der Waals surface area contributed by atoms with Crippen LogP contribution in [0.5, 0.6) is 0 Å². The maximum absolute atomic E-state index is 11.6. The van der Waals surface area contributed by atoms with Gasteiger partial charge in [-0.15, -0.1) is 0 Å². The van der Waals surface area contributed by atoms with Crippen molar-refractivity contribution in [1.82, 2.24) is 0 Å². The van der Waals surface area contributed by atoms with E-state index in [1.165, 1.54) is 16.8 Å². The lowest BCUT2D eigenvalue weighted by Gasteiger charge is -2.19. The first-order valence-electron chi connectivity index (χ1n) is 7.33. The predicted molar refractivity (Wildman–Crippen MR) is 87.3 cm³/mol. The molecule has 2 nitrogen and oxygen atoms in total. The Morgan fingerprint density at radius 2 is 1.95 bits per heavy atom. The molecule has 0 saturated carbocycles. The number of Topliss-reactive ketones (excluding diaryl/α,β-unsaturated/α-hetero) is 1. The second-order valence-electron chi connectivity index (χ2n) is 5.42. The summed E-state index contributed by atoms with van der Waals surface area (Å²) in [6.45, 7) is 3.76. The highest BCUT2D eigenvalue weighted by atomic mass is 35.5. The fraction of sp³-hybridized carbons (Fsp3) is 0.278. The maximum atomic E-state index is 11.6. The maximum Gasteiger partial charge on any atom is 0.162 e. The van der Waals surface area contributed by atoms with Gasteiger partial charge in [-0.3, -0.25) is 4.79 Å². The summed E-state index contributed by atoms with van der Waals surface area (Å²) < 4.78 is 0. The van der Waals surface area contributed by atoms with E-state index in [2.05, 4.69) is 11.0 Å². The number of halogens is 1. The fourth-order valence-electron chi connectivity index (χ4n) is 2.80. The SMILES string of the molecule is CCC(=O)c1ccc(CN2CCc3ccc(Cl)cc32)cc1. The number of hydrogen-bond acceptors (Lipinski definition) is 2.